The van der Waals surface area contributed by atoms with E-state index >= 15 is 0 Å². The summed E-state index contributed by atoms with van der Waals surface area (Å²) >= 11 is 1.67. The summed E-state index contributed by atoms with van der Waals surface area (Å²) in [6.07, 6.45) is 2.18. The highest BCUT2D eigenvalue weighted by Crippen LogP contribution is 2.48. The van der Waals surface area contributed by atoms with Crippen LogP contribution in [0.1, 0.15) is 42.6 Å². The topological polar surface area (TPSA) is 66.5 Å². The molecule has 5 nitrogen and oxygen atoms in total. The Hall–Kier alpha value is -1.70. The van der Waals surface area contributed by atoms with Crippen molar-refractivity contribution in [2.75, 3.05) is 19.6 Å². The maximum absolute atomic E-state index is 12.5. The first-order valence-corrected chi connectivity index (χ1v) is 11.2. The smallest absolute Gasteiger partial charge is 0.251 e. The van der Waals surface area contributed by atoms with Gasteiger partial charge in [0.1, 0.15) is 0 Å². The summed E-state index contributed by atoms with van der Waals surface area (Å²) in [5, 5.41) is 7.21. The van der Waals surface area contributed by atoms with Crippen LogP contribution in [0.5, 0.6) is 0 Å². The zero-order valence-corrected chi connectivity index (χ0v) is 16.7. The minimum Gasteiger partial charge on any atom is -0.351 e. The van der Waals surface area contributed by atoms with E-state index in [9.17, 15) is 13.2 Å². The van der Waals surface area contributed by atoms with Crippen molar-refractivity contribution < 1.29 is 13.2 Å². The summed E-state index contributed by atoms with van der Waals surface area (Å²) in [5.41, 5.74) is 1.86. The Balaban J connectivity index is 1.66. The van der Waals surface area contributed by atoms with E-state index in [1.165, 1.54) is 22.0 Å². The third-order valence-corrected chi connectivity index (χ3v) is 7.78. The number of sulfonamides is 1. The van der Waals surface area contributed by atoms with Gasteiger partial charge in [-0.25, -0.2) is 8.42 Å². The number of amides is 1. The standard InChI is InChI=1S/C19H24N2O3S2/c1-3-21(4-2)26(23,24)17-7-5-15(6-8-17)18(22)20-14-19(10-11-19)16-9-12-25-13-16/h5-9,12-13H,3-4,10-11,14H2,1-2H3,(H,20,22). The quantitative estimate of drug-likeness (QED) is 0.750. The van der Waals surface area contributed by atoms with E-state index in [2.05, 4.69) is 22.1 Å². The number of hydrogen-bond donors (Lipinski definition) is 1. The van der Waals surface area contributed by atoms with Gasteiger partial charge in [-0.1, -0.05) is 13.8 Å². The number of hydrogen-bond acceptors (Lipinski definition) is 4. The third-order valence-electron chi connectivity index (χ3n) is 5.03. The number of carbonyl (C=O) groups is 1. The van der Waals surface area contributed by atoms with E-state index in [1.807, 2.05) is 13.8 Å². The van der Waals surface area contributed by atoms with Gasteiger partial charge in [0.2, 0.25) is 10.0 Å². The van der Waals surface area contributed by atoms with Gasteiger partial charge in [0, 0.05) is 30.6 Å². The van der Waals surface area contributed by atoms with E-state index in [0.717, 1.165) is 12.8 Å². The maximum atomic E-state index is 12.5. The number of nitrogens with one attached hydrogen (secondary N) is 1. The maximum Gasteiger partial charge on any atom is 0.251 e. The second kappa shape index (κ2) is 7.50. The molecule has 0 atom stereocenters. The average molecular weight is 393 g/mol. The molecule has 0 aliphatic heterocycles. The van der Waals surface area contributed by atoms with Crippen LogP contribution in [0.2, 0.25) is 0 Å². The summed E-state index contributed by atoms with van der Waals surface area (Å²) in [6.45, 7) is 5.08. The molecule has 3 rings (SSSR count). The van der Waals surface area contributed by atoms with Crippen LogP contribution in [0.4, 0.5) is 0 Å². The van der Waals surface area contributed by atoms with Gasteiger partial charge in [-0.2, -0.15) is 15.6 Å². The fraction of sp³-hybridized carbons (Fsp3) is 0.421. The van der Waals surface area contributed by atoms with E-state index < -0.39 is 10.0 Å². The van der Waals surface area contributed by atoms with Crippen molar-refractivity contribution in [3.05, 3.63) is 52.2 Å². The molecule has 0 saturated heterocycles. The van der Waals surface area contributed by atoms with Crippen LogP contribution < -0.4 is 5.32 Å². The van der Waals surface area contributed by atoms with Gasteiger partial charge >= 0.3 is 0 Å². The summed E-state index contributed by atoms with van der Waals surface area (Å²) in [6, 6.07) is 8.30. The molecule has 1 aliphatic carbocycles. The van der Waals surface area contributed by atoms with Crippen molar-refractivity contribution >= 4 is 27.3 Å². The molecule has 1 amide bonds. The number of carbonyl (C=O) groups excluding carboxylic acids is 1. The number of nitrogens with zero attached hydrogens (tertiary/aromatic N) is 1. The highest BCUT2D eigenvalue weighted by molar-refractivity contribution is 7.89. The first-order chi connectivity index (χ1) is 12.4. The van der Waals surface area contributed by atoms with Crippen LogP contribution in [0.15, 0.2) is 46.0 Å². The molecule has 1 aromatic carbocycles. The van der Waals surface area contributed by atoms with Crippen LogP contribution in [-0.4, -0.2) is 38.3 Å². The summed E-state index contributed by atoms with van der Waals surface area (Å²) in [4.78, 5) is 12.6. The van der Waals surface area contributed by atoms with Crippen LogP contribution in [0.3, 0.4) is 0 Å². The normalized spacial score (nSPS) is 15.8. The van der Waals surface area contributed by atoms with E-state index in [0.29, 0.717) is 25.2 Å². The molecule has 1 aliphatic rings. The summed E-state index contributed by atoms with van der Waals surface area (Å²) < 4.78 is 26.4. The molecule has 26 heavy (non-hydrogen) atoms. The molecule has 1 aromatic heterocycles. The first kappa shape index (κ1) is 19.1. The molecule has 0 spiro atoms. The van der Waals surface area contributed by atoms with Crippen molar-refractivity contribution in [1.82, 2.24) is 9.62 Å². The lowest BCUT2D eigenvalue weighted by Crippen LogP contribution is -2.32. The molecule has 1 N–H and O–H groups in total. The highest BCUT2D eigenvalue weighted by Gasteiger charge is 2.44. The van der Waals surface area contributed by atoms with Crippen LogP contribution >= 0.6 is 11.3 Å². The Labute approximate surface area is 159 Å². The fourth-order valence-electron chi connectivity index (χ4n) is 3.13. The van der Waals surface area contributed by atoms with Crippen molar-refractivity contribution in [1.29, 1.82) is 0 Å². The van der Waals surface area contributed by atoms with E-state index in [-0.39, 0.29) is 16.2 Å². The van der Waals surface area contributed by atoms with Gasteiger partial charge in [0.25, 0.3) is 5.91 Å². The zero-order chi connectivity index (χ0) is 18.8. The molecular weight excluding hydrogens is 368 g/mol. The van der Waals surface area contributed by atoms with Crippen molar-refractivity contribution in [3.8, 4) is 0 Å². The van der Waals surface area contributed by atoms with Crippen molar-refractivity contribution in [3.63, 3.8) is 0 Å². The van der Waals surface area contributed by atoms with Gasteiger partial charge < -0.3 is 5.32 Å². The predicted octanol–water partition coefficient (Wildman–Crippen LogP) is 3.24. The molecule has 0 bridgehead atoms. The minimum absolute atomic E-state index is 0.0850. The van der Waals surface area contributed by atoms with Crippen LogP contribution in [0.25, 0.3) is 0 Å². The van der Waals surface area contributed by atoms with Crippen LogP contribution in [-0.2, 0) is 15.4 Å². The van der Waals surface area contributed by atoms with Gasteiger partial charge in [-0.3, -0.25) is 4.79 Å². The SMILES string of the molecule is CCN(CC)S(=O)(=O)c1ccc(C(=O)NCC2(c3ccsc3)CC2)cc1. The average Bonchev–Trinajstić information content (AvgIpc) is 3.23. The molecule has 1 saturated carbocycles. The summed E-state index contributed by atoms with van der Waals surface area (Å²) in [7, 11) is -3.50. The van der Waals surface area contributed by atoms with E-state index in [1.54, 1.807) is 23.5 Å². The molecule has 0 radical (unpaired) electrons. The monoisotopic (exact) mass is 392 g/mol. The molecule has 1 fully saturated rings. The number of benzene rings is 1. The lowest BCUT2D eigenvalue weighted by atomic mass is 9.99. The van der Waals surface area contributed by atoms with Crippen molar-refractivity contribution in [2.24, 2.45) is 0 Å². The third kappa shape index (κ3) is 3.70. The second-order valence-corrected chi connectivity index (χ2v) is 9.31. The molecule has 1 heterocycles. The van der Waals surface area contributed by atoms with Crippen molar-refractivity contribution in [2.45, 2.75) is 37.0 Å². The second-order valence-electron chi connectivity index (χ2n) is 6.59. The highest BCUT2D eigenvalue weighted by atomic mass is 32.2. The lowest BCUT2D eigenvalue weighted by molar-refractivity contribution is 0.0949. The van der Waals surface area contributed by atoms with Gasteiger partial charge in [0.15, 0.2) is 0 Å². The Morgan fingerprint density at radius 1 is 1.15 bits per heavy atom. The van der Waals surface area contributed by atoms with Gasteiger partial charge in [-0.05, 0) is 59.5 Å². The summed E-state index contributed by atoms with van der Waals surface area (Å²) in [5.74, 6) is -0.168. The first-order valence-electron chi connectivity index (χ1n) is 8.84. The Morgan fingerprint density at radius 3 is 2.31 bits per heavy atom. The molecule has 7 heteroatoms. The number of thiophene rings is 1. The van der Waals surface area contributed by atoms with Gasteiger partial charge in [0.05, 0.1) is 4.90 Å². The largest absolute Gasteiger partial charge is 0.351 e. The molecular formula is C19H24N2O3S2. The fourth-order valence-corrected chi connectivity index (χ4v) is 5.36. The predicted molar refractivity (Wildman–Crippen MR) is 104 cm³/mol. The Bertz CT molecular complexity index is 851. The molecule has 140 valence electrons. The molecule has 2 aromatic rings. The minimum atomic E-state index is -3.50. The van der Waals surface area contributed by atoms with E-state index in [4.69, 9.17) is 0 Å². The Kier molecular flexibility index (Phi) is 5.50. The molecule has 0 unspecified atom stereocenters. The zero-order valence-electron chi connectivity index (χ0n) is 15.1. The van der Waals surface area contributed by atoms with Gasteiger partial charge in [-0.15, -0.1) is 0 Å². The van der Waals surface area contributed by atoms with Crippen LogP contribution in [0, 0.1) is 0 Å². The number of rotatable bonds is 8. The lowest BCUT2D eigenvalue weighted by Gasteiger charge is -2.18. The Morgan fingerprint density at radius 2 is 1.81 bits per heavy atom.